The molecule has 1 amide bonds. The van der Waals surface area contributed by atoms with Gasteiger partial charge in [-0.3, -0.25) is 9.59 Å². The number of amides is 1. The number of benzene rings is 1. The third kappa shape index (κ3) is 4.01. The second-order valence-electron chi connectivity index (χ2n) is 5.91. The average Bonchev–Trinajstić information content (AvgIpc) is 2.55. The minimum Gasteiger partial charge on any atom is -0.435 e. The number of aromatic nitrogens is 2. The topological polar surface area (TPSA) is 73.2 Å². The summed E-state index contributed by atoms with van der Waals surface area (Å²) in [6.07, 6.45) is 1.64. The van der Waals surface area contributed by atoms with Gasteiger partial charge in [0, 0.05) is 30.8 Å². The van der Waals surface area contributed by atoms with E-state index in [2.05, 4.69) is 15.2 Å². The van der Waals surface area contributed by atoms with Gasteiger partial charge in [-0.2, -0.15) is 13.9 Å². The van der Waals surface area contributed by atoms with Gasteiger partial charge in [-0.1, -0.05) is 6.07 Å². The molecule has 1 heterocycles. The number of nitrogens with one attached hydrogen (secondary N) is 1. The number of anilines is 1. The lowest BCUT2D eigenvalue weighted by Crippen LogP contribution is -2.31. The maximum atomic E-state index is 12.5. The number of aryl methyl sites for hydroxylation is 2. The largest absolute Gasteiger partial charge is 0.435 e. The van der Waals surface area contributed by atoms with Crippen LogP contribution < -0.4 is 15.6 Å². The molecule has 1 N–H and O–H groups in total. The Labute approximate surface area is 142 Å². The van der Waals surface area contributed by atoms with Crippen molar-refractivity contribution in [2.24, 2.45) is 13.0 Å². The monoisotopic (exact) mass is 349 g/mol. The third-order valence-corrected chi connectivity index (χ3v) is 4.15. The van der Waals surface area contributed by atoms with Crippen molar-refractivity contribution < 1.29 is 18.3 Å². The van der Waals surface area contributed by atoms with Crippen molar-refractivity contribution in [3.63, 3.8) is 0 Å². The van der Waals surface area contributed by atoms with E-state index in [1.54, 1.807) is 13.1 Å². The summed E-state index contributed by atoms with van der Waals surface area (Å²) in [5, 5.41) is 6.93. The van der Waals surface area contributed by atoms with Gasteiger partial charge in [0.1, 0.15) is 5.75 Å². The summed E-state index contributed by atoms with van der Waals surface area (Å²) < 4.78 is 30.1. The molecule has 8 heteroatoms. The smallest absolute Gasteiger partial charge is 0.387 e. The highest BCUT2D eigenvalue weighted by Gasteiger charge is 2.26. The number of alkyl halides is 2. The van der Waals surface area contributed by atoms with E-state index in [-0.39, 0.29) is 23.1 Å². The molecule has 1 aliphatic carbocycles. The van der Waals surface area contributed by atoms with Crippen LogP contribution in [0.15, 0.2) is 35.1 Å². The summed E-state index contributed by atoms with van der Waals surface area (Å²) in [7, 11) is 1.59. The molecule has 1 aromatic carbocycles. The fourth-order valence-corrected chi connectivity index (χ4v) is 2.90. The molecule has 0 aliphatic heterocycles. The number of carbonyl (C=O) groups excluding carboxylic acids is 1. The van der Waals surface area contributed by atoms with Gasteiger partial charge in [-0.25, -0.2) is 4.68 Å². The van der Waals surface area contributed by atoms with Crippen LogP contribution in [0.1, 0.15) is 17.7 Å². The van der Waals surface area contributed by atoms with Gasteiger partial charge in [0.2, 0.25) is 5.91 Å². The second-order valence-corrected chi connectivity index (χ2v) is 5.91. The Morgan fingerprint density at radius 1 is 1.40 bits per heavy atom. The highest BCUT2D eigenvalue weighted by molar-refractivity contribution is 5.93. The van der Waals surface area contributed by atoms with Crippen LogP contribution in [0, 0.1) is 5.92 Å². The number of hydrogen-bond acceptors (Lipinski definition) is 4. The zero-order chi connectivity index (χ0) is 18.0. The van der Waals surface area contributed by atoms with E-state index in [0.29, 0.717) is 24.9 Å². The molecule has 0 fully saturated rings. The highest BCUT2D eigenvalue weighted by atomic mass is 19.3. The molecule has 0 saturated carbocycles. The zero-order valence-electron chi connectivity index (χ0n) is 13.5. The van der Waals surface area contributed by atoms with Crippen LogP contribution in [0.25, 0.3) is 0 Å². The van der Waals surface area contributed by atoms with Crippen LogP contribution in [0.2, 0.25) is 0 Å². The Balaban J connectivity index is 1.70. The number of nitrogens with zero attached hydrogens (tertiary/aromatic N) is 2. The van der Waals surface area contributed by atoms with E-state index in [9.17, 15) is 18.4 Å². The molecule has 2 aromatic rings. The number of carbonyl (C=O) groups is 1. The molecule has 1 aliphatic rings. The molecule has 1 atom stereocenters. The number of ether oxygens (including phenoxy) is 1. The lowest BCUT2D eigenvalue weighted by atomic mass is 9.86. The summed E-state index contributed by atoms with van der Waals surface area (Å²) in [6, 6.07) is 7.37. The summed E-state index contributed by atoms with van der Waals surface area (Å²) in [5.41, 5.74) is 1.79. The van der Waals surface area contributed by atoms with Crippen molar-refractivity contribution in [1.29, 1.82) is 0 Å². The van der Waals surface area contributed by atoms with Gasteiger partial charge in [-0.05, 0) is 37.0 Å². The predicted octanol–water partition coefficient (Wildman–Crippen LogP) is 2.13. The molecule has 1 aromatic heterocycles. The van der Waals surface area contributed by atoms with Crippen molar-refractivity contribution >= 4 is 11.6 Å². The van der Waals surface area contributed by atoms with Crippen molar-refractivity contribution in [2.45, 2.75) is 25.9 Å². The lowest BCUT2D eigenvalue weighted by Gasteiger charge is -2.23. The average molecular weight is 349 g/mol. The van der Waals surface area contributed by atoms with E-state index in [0.717, 1.165) is 11.3 Å². The highest BCUT2D eigenvalue weighted by Crippen LogP contribution is 2.25. The van der Waals surface area contributed by atoms with Gasteiger partial charge < -0.3 is 10.1 Å². The van der Waals surface area contributed by atoms with Gasteiger partial charge in [-0.15, -0.1) is 0 Å². The molecule has 0 spiro atoms. The Morgan fingerprint density at radius 3 is 2.96 bits per heavy atom. The zero-order valence-corrected chi connectivity index (χ0v) is 13.5. The van der Waals surface area contributed by atoms with Crippen LogP contribution in [0.3, 0.4) is 0 Å². The van der Waals surface area contributed by atoms with Crippen molar-refractivity contribution in [3.05, 3.63) is 51.9 Å². The molecule has 0 unspecified atom stereocenters. The summed E-state index contributed by atoms with van der Waals surface area (Å²) >= 11 is 0. The quantitative estimate of drug-likeness (QED) is 0.918. The normalized spacial score (nSPS) is 16.4. The van der Waals surface area contributed by atoms with E-state index in [4.69, 9.17) is 0 Å². The molecule has 3 rings (SSSR count). The molecular formula is C17H17F2N3O3. The molecule has 0 bridgehead atoms. The van der Waals surface area contributed by atoms with E-state index in [1.807, 2.05) is 0 Å². The van der Waals surface area contributed by atoms with Crippen LogP contribution in [0.4, 0.5) is 14.5 Å². The first-order valence-electron chi connectivity index (χ1n) is 7.84. The summed E-state index contributed by atoms with van der Waals surface area (Å²) in [5.74, 6) is -0.545. The second kappa shape index (κ2) is 7.00. The van der Waals surface area contributed by atoms with Crippen LogP contribution in [-0.4, -0.2) is 22.3 Å². The van der Waals surface area contributed by atoms with E-state index < -0.39 is 6.61 Å². The van der Waals surface area contributed by atoms with Crippen LogP contribution in [0.5, 0.6) is 5.75 Å². The first-order valence-corrected chi connectivity index (χ1v) is 7.84. The minimum atomic E-state index is -2.92. The molecular weight excluding hydrogens is 332 g/mol. The number of fused-ring (bicyclic) bond motifs is 1. The molecule has 0 saturated heterocycles. The first kappa shape index (κ1) is 17.1. The summed E-state index contributed by atoms with van der Waals surface area (Å²) in [6.45, 7) is -2.92. The van der Waals surface area contributed by atoms with E-state index in [1.165, 1.54) is 28.9 Å². The van der Waals surface area contributed by atoms with Crippen LogP contribution >= 0.6 is 0 Å². The number of hydrogen-bond donors (Lipinski definition) is 1. The van der Waals surface area contributed by atoms with Crippen molar-refractivity contribution in [1.82, 2.24) is 9.78 Å². The minimum absolute atomic E-state index is 0.0190. The SMILES string of the molecule is Cn1nc2c(cc1=O)C[C@@H](C(=O)Nc1cccc(OC(F)F)c1)CC2. The molecule has 25 heavy (non-hydrogen) atoms. The molecule has 0 radical (unpaired) electrons. The number of halogens is 2. The Hall–Kier alpha value is -2.77. The number of rotatable bonds is 4. The molecule has 132 valence electrons. The predicted molar refractivity (Wildman–Crippen MR) is 86.7 cm³/mol. The van der Waals surface area contributed by atoms with Crippen LogP contribution in [-0.2, 0) is 24.7 Å². The van der Waals surface area contributed by atoms with Crippen molar-refractivity contribution in [2.75, 3.05) is 5.32 Å². The van der Waals surface area contributed by atoms with Gasteiger partial charge >= 0.3 is 6.61 Å². The summed E-state index contributed by atoms with van der Waals surface area (Å²) in [4.78, 5) is 24.2. The first-order chi connectivity index (χ1) is 11.9. The maximum Gasteiger partial charge on any atom is 0.387 e. The van der Waals surface area contributed by atoms with Crippen molar-refractivity contribution in [3.8, 4) is 5.75 Å². The standard InChI is InChI=1S/C17H17F2N3O3/c1-22-15(23)8-11-7-10(5-6-14(11)21-22)16(24)20-12-3-2-4-13(9-12)25-17(18)19/h2-4,8-10,17H,5-7H2,1H3,(H,20,24)/t10-/m0/s1. The fraction of sp³-hybridized carbons (Fsp3) is 0.353. The maximum absolute atomic E-state index is 12.5. The Bertz CT molecular complexity index is 851. The lowest BCUT2D eigenvalue weighted by molar-refractivity contribution is -0.120. The van der Waals surface area contributed by atoms with Gasteiger partial charge in [0.25, 0.3) is 5.56 Å². The molecule has 6 nitrogen and oxygen atoms in total. The Kier molecular flexibility index (Phi) is 4.78. The third-order valence-electron chi connectivity index (χ3n) is 4.15. The fourth-order valence-electron chi connectivity index (χ4n) is 2.90. The Morgan fingerprint density at radius 2 is 2.20 bits per heavy atom. The van der Waals surface area contributed by atoms with E-state index >= 15 is 0 Å². The van der Waals surface area contributed by atoms with Gasteiger partial charge in [0.05, 0.1) is 5.69 Å². The van der Waals surface area contributed by atoms with Gasteiger partial charge in [0.15, 0.2) is 0 Å².